The van der Waals surface area contributed by atoms with Crippen molar-refractivity contribution in [2.24, 2.45) is 0 Å². The van der Waals surface area contributed by atoms with E-state index in [0.29, 0.717) is 18.0 Å². The molecule has 1 atom stereocenters. The highest BCUT2D eigenvalue weighted by Gasteiger charge is 2.09. The molecule has 0 bridgehead atoms. The Hall–Kier alpha value is -0.0600. The van der Waals surface area contributed by atoms with E-state index in [0.717, 1.165) is 16.6 Å². The molecule has 0 aliphatic rings. The number of halogens is 2. The molecule has 2 nitrogen and oxygen atoms in total. The molecule has 0 aromatic heterocycles. The van der Waals surface area contributed by atoms with E-state index in [1.54, 1.807) is 7.11 Å². The van der Waals surface area contributed by atoms with Gasteiger partial charge in [0.25, 0.3) is 0 Å². The van der Waals surface area contributed by atoms with Gasteiger partial charge in [-0.2, -0.15) is 0 Å². The van der Waals surface area contributed by atoms with Crippen LogP contribution in [0.5, 0.6) is 5.75 Å². The van der Waals surface area contributed by atoms with Gasteiger partial charge in [0.15, 0.2) is 0 Å². The summed E-state index contributed by atoms with van der Waals surface area (Å²) in [5.41, 5.74) is 1.28. The lowest BCUT2D eigenvalue weighted by Crippen LogP contribution is -2.04. The molecular formula is C13H18Br2O2. The summed E-state index contributed by atoms with van der Waals surface area (Å²) >= 11 is 7.22. The first-order valence-electron chi connectivity index (χ1n) is 5.74. The van der Waals surface area contributed by atoms with Crippen molar-refractivity contribution in [3.8, 4) is 5.75 Å². The quantitative estimate of drug-likeness (QED) is 0.514. The summed E-state index contributed by atoms with van der Waals surface area (Å²) < 4.78 is 11.5. The van der Waals surface area contributed by atoms with Crippen molar-refractivity contribution < 1.29 is 9.47 Å². The van der Waals surface area contributed by atoms with Crippen LogP contribution in [-0.2, 0) is 4.74 Å². The van der Waals surface area contributed by atoms with Crippen molar-refractivity contribution >= 4 is 31.9 Å². The van der Waals surface area contributed by atoms with Crippen LogP contribution in [0.3, 0.4) is 0 Å². The van der Waals surface area contributed by atoms with Crippen molar-refractivity contribution in [3.63, 3.8) is 0 Å². The lowest BCUT2D eigenvalue weighted by Gasteiger charge is -2.12. The molecule has 96 valence electrons. The second-order valence-corrected chi connectivity index (χ2v) is 5.75. The molecule has 0 spiro atoms. The van der Waals surface area contributed by atoms with Crippen molar-refractivity contribution in [3.05, 3.63) is 28.2 Å². The lowest BCUT2D eigenvalue weighted by molar-refractivity contribution is 0.146. The Morgan fingerprint density at radius 1 is 1.29 bits per heavy atom. The third-order valence-electron chi connectivity index (χ3n) is 2.40. The van der Waals surface area contributed by atoms with Gasteiger partial charge in [0.2, 0.25) is 0 Å². The summed E-state index contributed by atoms with van der Waals surface area (Å²) in [7, 11) is 1.67. The molecule has 0 fully saturated rings. The highest BCUT2D eigenvalue weighted by atomic mass is 79.9. The largest absolute Gasteiger partial charge is 0.490 e. The van der Waals surface area contributed by atoms with Crippen LogP contribution in [0.1, 0.15) is 30.2 Å². The van der Waals surface area contributed by atoms with Crippen LogP contribution in [0.4, 0.5) is 0 Å². The SMILES string of the molecule is CCCC(Br)c1ccc(OCCOC)c(Br)c1. The molecule has 1 aromatic carbocycles. The minimum absolute atomic E-state index is 0.414. The summed E-state index contributed by atoms with van der Waals surface area (Å²) in [6, 6.07) is 6.21. The normalized spacial score (nSPS) is 12.5. The zero-order chi connectivity index (χ0) is 12.7. The summed E-state index contributed by atoms with van der Waals surface area (Å²) in [5, 5.41) is 0. The minimum Gasteiger partial charge on any atom is -0.490 e. The molecule has 0 saturated heterocycles. The van der Waals surface area contributed by atoms with E-state index in [1.165, 1.54) is 12.0 Å². The summed E-state index contributed by atoms with van der Waals surface area (Å²) in [6.45, 7) is 3.36. The average molecular weight is 366 g/mol. The van der Waals surface area contributed by atoms with E-state index in [2.05, 4.69) is 50.9 Å². The second kappa shape index (κ2) is 8.11. The predicted octanol–water partition coefficient (Wildman–Crippen LogP) is 4.71. The Morgan fingerprint density at radius 2 is 2.06 bits per heavy atom. The summed E-state index contributed by atoms with van der Waals surface area (Å²) in [4.78, 5) is 0.414. The predicted molar refractivity (Wildman–Crippen MR) is 78.1 cm³/mol. The topological polar surface area (TPSA) is 18.5 Å². The van der Waals surface area contributed by atoms with E-state index in [-0.39, 0.29) is 0 Å². The van der Waals surface area contributed by atoms with Gasteiger partial charge in [-0.05, 0) is 40.0 Å². The molecule has 0 heterocycles. The zero-order valence-electron chi connectivity index (χ0n) is 10.2. The van der Waals surface area contributed by atoms with E-state index in [9.17, 15) is 0 Å². The van der Waals surface area contributed by atoms with Gasteiger partial charge in [-0.1, -0.05) is 35.3 Å². The van der Waals surface area contributed by atoms with Gasteiger partial charge in [-0.3, -0.25) is 0 Å². The molecular weight excluding hydrogens is 348 g/mol. The fourth-order valence-corrected chi connectivity index (χ4v) is 2.74. The maximum Gasteiger partial charge on any atom is 0.133 e. The van der Waals surface area contributed by atoms with Gasteiger partial charge in [0, 0.05) is 11.9 Å². The molecule has 0 amide bonds. The average Bonchev–Trinajstić information content (AvgIpc) is 2.31. The van der Waals surface area contributed by atoms with Crippen molar-refractivity contribution in [2.75, 3.05) is 20.3 Å². The molecule has 1 unspecified atom stereocenters. The van der Waals surface area contributed by atoms with Crippen molar-refractivity contribution in [2.45, 2.75) is 24.6 Å². The monoisotopic (exact) mass is 364 g/mol. The van der Waals surface area contributed by atoms with Crippen LogP contribution in [0.25, 0.3) is 0 Å². The van der Waals surface area contributed by atoms with Crippen LogP contribution in [0.15, 0.2) is 22.7 Å². The smallest absolute Gasteiger partial charge is 0.133 e. The number of hydrogen-bond donors (Lipinski definition) is 0. The maximum absolute atomic E-state index is 5.58. The Balaban J connectivity index is 2.65. The number of hydrogen-bond acceptors (Lipinski definition) is 2. The number of methoxy groups -OCH3 is 1. The van der Waals surface area contributed by atoms with Crippen LogP contribution in [0, 0.1) is 0 Å². The van der Waals surface area contributed by atoms with Crippen molar-refractivity contribution in [1.29, 1.82) is 0 Å². The van der Waals surface area contributed by atoms with E-state index in [1.807, 2.05) is 6.07 Å². The molecule has 0 aliphatic heterocycles. The Bertz CT molecular complexity index is 342. The fraction of sp³-hybridized carbons (Fsp3) is 0.538. The van der Waals surface area contributed by atoms with Crippen LogP contribution in [0.2, 0.25) is 0 Å². The number of rotatable bonds is 7. The maximum atomic E-state index is 5.58. The molecule has 4 heteroatoms. The Labute approximate surface area is 120 Å². The summed E-state index contributed by atoms with van der Waals surface area (Å²) in [6.07, 6.45) is 2.30. The molecule has 0 saturated carbocycles. The zero-order valence-corrected chi connectivity index (χ0v) is 13.4. The molecule has 1 rings (SSSR count). The second-order valence-electron chi connectivity index (χ2n) is 3.79. The molecule has 1 aromatic rings. The number of benzene rings is 1. The number of alkyl halides is 1. The first kappa shape index (κ1) is 15.0. The Kier molecular flexibility index (Phi) is 7.16. The lowest BCUT2D eigenvalue weighted by atomic mass is 10.1. The van der Waals surface area contributed by atoms with Crippen LogP contribution < -0.4 is 4.74 Å². The van der Waals surface area contributed by atoms with Crippen LogP contribution in [-0.4, -0.2) is 20.3 Å². The van der Waals surface area contributed by atoms with Gasteiger partial charge >= 0.3 is 0 Å². The number of ether oxygens (including phenoxy) is 2. The van der Waals surface area contributed by atoms with Gasteiger partial charge in [0.05, 0.1) is 11.1 Å². The van der Waals surface area contributed by atoms with Gasteiger partial charge in [-0.15, -0.1) is 0 Å². The van der Waals surface area contributed by atoms with Crippen molar-refractivity contribution in [1.82, 2.24) is 0 Å². The standard InChI is InChI=1S/C13H18Br2O2/c1-3-4-11(14)10-5-6-13(12(15)9-10)17-8-7-16-2/h5-6,9,11H,3-4,7-8H2,1-2H3. The van der Waals surface area contributed by atoms with Gasteiger partial charge in [-0.25, -0.2) is 0 Å². The molecule has 0 N–H and O–H groups in total. The highest BCUT2D eigenvalue weighted by Crippen LogP contribution is 2.33. The molecule has 0 aliphatic carbocycles. The minimum atomic E-state index is 0.414. The fourth-order valence-electron chi connectivity index (χ4n) is 1.48. The first-order valence-corrected chi connectivity index (χ1v) is 7.45. The van der Waals surface area contributed by atoms with Crippen LogP contribution >= 0.6 is 31.9 Å². The first-order chi connectivity index (χ1) is 8.19. The van der Waals surface area contributed by atoms with E-state index >= 15 is 0 Å². The highest BCUT2D eigenvalue weighted by molar-refractivity contribution is 9.10. The molecule has 0 radical (unpaired) electrons. The summed E-state index contributed by atoms with van der Waals surface area (Å²) in [5.74, 6) is 0.863. The third kappa shape index (κ3) is 4.98. The Morgan fingerprint density at radius 3 is 2.65 bits per heavy atom. The third-order valence-corrected chi connectivity index (χ3v) is 4.01. The van der Waals surface area contributed by atoms with E-state index < -0.39 is 0 Å². The molecule has 17 heavy (non-hydrogen) atoms. The van der Waals surface area contributed by atoms with Gasteiger partial charge < -0.3 is 9.47 Å². The van der Waals surface area contributed by atoms with E-state index in [4.69, 9.17) is 9.47 Å². The van der Waals surface area contributed by atoms with Gasteiger partial charge in [0.1, 0.15) is 12.4 Å².